The van der Waals surface area contributed by atoms with Crippen molar-refractivity contribution in [1.29, 1.82) is 10.8 Å². The third-order valence-electron chi connectivity index (χ3n) is 6.15. The summed E-state index contributed by atoms with van der Waals surface area (Å²) in [6.07, 6.45) is 3.94. The van der Waals surface area contributed by atoms with Crippen LogP contribution in [0.4, 0.5) is 5.69 Å². The molecule has 2 heterocycles. The maximum atomic E-state index is 8.54. The first-order valence-electron chi connectivity index (χ1n) is 10.8. The number of anilines is 1. The normalized spacial score (nSPS) is 22.7. The van der Waals surface area contributed by atoms with Crippen LogP contribution in [0.5, 0.6) is 0 Å². The Labute approximate surface area is 197 Å². The molecule has 5 nitrogen and oxygen atoms in total. The molecule has 0 spiro atoms. The Morgan fingerprint density at radius 3 is 2.59 bits per heavy atom. The second kappa shape index (κ2) is 8.60. The number of allylic oxidation sites excluding steroid dienone is 1. The molecule has 0 saturated carbocycles. The van der Waals surface area contributed by atoms with Gasteiger partial charge in [0.25, 0.3) is 0 Å². The first kappa shape index (κ1) is 21.0. The van der Waals surface area contributed by atoms with E-state index in [1.807, 2.05) is 24.3 Å². The molecule has 162 valence electrons. The van der Waals surface area contributed by atoms with Gasteiger partial charge in [0, 0.05) is 22.2 Å². The lowest BCUT2D eigenvalue weighted by Gasteiger charge is -2.25. The molecule has 32 heavy (non-hydrogen) atoms. The van der Waals surface area contributed by atoms with Crippen LogP contribution in [0.1, 0.15) is 43.2 Å². The fourth-order valence-electron chi connectivity index (χ4n) is 4.52. The Morgan fingerprint density at radius 1 is 1.12 bits per heavy atom. The topological polar surface area (TPSA) is 84.1 Å². The maximum absolute atomic E-state index is 8.54. The maximum Gasteiger partial charge on any atom is 0.173 e. The van der Waals surface area contributed by atoms with Crippen LogP contribution in [0.15, 0.2) is 75.3 Å². The number of hydrogen-bond acceptors (Lipinski definition) is 4. The number of aryl methyl sites for hydroxylation is 1. The van der Waals surface area contributed by atoms with Crippen LogP contribution in [0.2, 0.25) is 5.02 Å². The molecule has 2 aromatic rings. The van der Waals surface area contributed by atoms with Crippen molar-refractivity contribution in [2.75, 3.05) is 5.32 Å². The summed E-state index contributed by atoms with van der Waals surface area (Å²) in [4.78, 5) is 5.24. The SMILES string of the molecule is CCc1ccc(NC2=NC(=N)C(=C3NC(=N)C4=C3C(c3ccc(Cl)cc3)CCC4)S2)cc1. The molecular weight excluding hydrogens is 438 g/mol. The predicted octanol–water partition coefficient (Wildman–Crippen LogP) is 6.45. The highest BCUT2D eigenvalue weighted by atomic mass is 35.5. The van der Waals surface area contributed by atoms with E-state index in [1.165, 1.54) is 22.9 Å². The largest absolute Gasteiger partial charge is 0.339 e. The van der Waals surface area contributed by atoms with Gasteiger partial charge in [-0.3, -0.25) is 10.8 Å². The quantitative estimate of drug-likeness (QED) is 0.423. The molecule has 3 aliphatic rings. The van der Waals surface area contributed by atoms with Gasteiger partial charge in [-0.05, 0) is 78.4 Å². The van der Waals surface area contributed by atoms with Crippen LogP contribution < -0.4 is 10.6 Å². The minimum Gasteiger partial charge on any atom is -0.339 e. The molecule has 0 radical (unpaired) electrons. The number of hydrogen-bond donors (Lipinski definition) is 4. The van der Waals surface area contributed by atoms with E-state index in [-0.39, 0.29) is 11.8 Å². The summed E-state index contributed by atoms with van der Waals surface area (Å²) in [7, 11) is 0. The molecule has 0 bridgehead atoms. The first-order valence-corrected chi connectivity index (χ1v) is 12.0. The summed E-state index contributed by atoms with van der Waals surface area (Å²) in [5, 5.41) is 25.1. The van der Waals surface area contributed by atoms with Gasteiger partial charge < -0.3 is 10.6 Å². The average Bonchev–Trinajstić information content (AvgIpc) is 3.34. The van der Waals surface area contributed by atoms with Crippen molar-refractivity contribution in [1.82, 2.24) is 5.32 Å². The fourth-order valence-corrected chi connectivity index (χ4v) is 5.55. The number of nitrogens with zero attached hydrogens (tertiary/aromatic N) is 1. The Balaban J connectivity index is 1.45. The summed E-state index contributed by atoms with van der Waals surface area (Å²) in [5.74, 6) is 0.860. The first-order chi connectivity index (χ1) is 15.5. The zero-order chi connectivity index (χ0) is 22.2. The van der Waals surface area contributed by atoms with Crippen molar-refractivity contribution in [2.45, 2.75) is 38.5 Å². The molecule has 1 aliphatic carbocycles. The minimum atomic E-state index is 0.181. The van der Waals surface area contributed by atoms with Crippen molar-refractivity contribution in [2.24, 2.45) is 4.99 Å². The third-order valence-corrected chi connectivity index (χ3v) is 7.39. The highest BCUT2D eigenvalue weighted by Gasteiger charge is 2.37. The van der Waals surface area contributed by atoms with E-state index in [1.54, 1.807) is 0 Å². The van der Waals surface area contributed by atoms with Gasteiger partial charge in [-0.1, -0.05) is 42.8 Å². The van der Waals surface area contributed by atoms with E-state index in [9.17, 15) is 0 Å². The Bertz CT molecular complexity index is 1190. The molecule has 1 atom stereocenters. The smallest absolute Gasteiger partial charge is 0.173 e. The average molecular weight is 462 g/mol. The van der Waals surface area contributed by atoms with E-state index >= 15 is 0 Å². The lowest BCUT2D eigenvalue weighted by Crippen LogP contribution is -2.17. The van der Waals surface area contributed by atoms with Gasteiger partial charge in [-0.2, -0.15) is 0 Å². The summed E-state index contributed by atoms with van der Waals surface area (Å²) < 4.78 is 0. The molecule has 4 N–H and O–H groups in total. The molecule has 0 amide bonds. The summed E-state index contributed by atoms with van der Waals surface area (Å²) in [5.41, 5.74) is 6.49. The Morgan fingerprint density at radius 2 is 1.88 bits per heavy atom. The number of rotatable bonds is 3. The number of thioether (sulfide) groups is 1. The minimum absolute atomic E-state index is 0.181. The second-order valence-electron chi connectivity index (χ2n) is 8.14. The summed E-state index contributed by atoms with van der Waals surface area (Å²) in [6.45, 7) is 2.14. The van der Waals surface area contributed by atoms with E-state index in [4.69, 9.17) is 22.4 Å². The van der Waals surface area contributed by atoms with Gasteiger partial charge in [-0.15, -0.1) is 0 Å². The number of benzene rings is 2. The predicted molar refractivity (Wildman–Crippen MR) is 135 cm³/mol. The van der Waals surface area contributed by atoms with Gasteiger partial charge in [0.15, 0.2) is 11.0 Å². The van der Waals surface area contributed by atoms with Gasteiger partial charge in [0.05, 0.1) is 10.6 Å². The third kappa shape index (κ3) is 3.89. The molecule has 2 aliphatic heterocycles. The van der Waals surface area contributed by atoms with Gasteiger partial charge in [-0.25, -0.2) is 4.99 Å². The number of amidine groups is 3. The van der Waals surface area contributed by atoms with Gasteiger partial charge in [0.1, 0.15) is 5.84 Å². The highest BCUT2D eigenvalue weighted by Crippen LogP contribution is 2.46. The van der Waals surface area contributed by atoms with Crippen molar-refractivity contribution in [3.05, 3.63) is 86.4 Å². The van der Waals surface area contributed by atoms with Crippen LogP contribution in [-0.2, 0) is 6.42 Å². The Kier molecular flexibility index (Phi) is 5.66. The molecular formula is C25H24ClN5S. The van der Waals surface area contributed by atoms with Crippen molar-refractivity contribution in [3.8, 4) is 0 Å². The van der Waals surface area contributed by atoms with Crippen molar-refractivity contribution >= 4 is 45.9 Å². The molecule has 7 heteroatoms. The van der Waals surface area contributed by atoms with Crippen LogP contribution >= 0.6 is 23.4 Å². The lowest BCUT2D eigenvalue weighted by molar-refractivity contribution is 0.623. The Hall–Kier alpha value is -2.83. The highest BCUT2D eigenvalue weighted by molar-refractivity contribution is 8.18. The number of halogens is 1. The van der Waals surface area contributed by atoms with Crippen LogP contribution in [0, 0.1) is 10.8 Å². The van der Waals surface area contributed by atoms with Crippen molar-refractivity contribution < 1.29 is 0 Å². The van der Waals surface area contributed by atoms with Crippen molar-refractivity contribution in [3.63, 3.8) is 0 Å². The molecule has 0 fully saturated rings. The standard InChI is InChI=1S/C25H24ClN5S/c1-2-14-6-12-17(13-7-14)29-25-31-24(28)22(32-25)21-20-18(15-8-10-16(26)11-9-15)4-3-5-19(20)23(27)30-21/h6-13,18H,2-5H2,1H3,(H2,27,30)(H2,28,29,31). The zero-order valence-electron chi connectivity index (χ0n) is 17.8. The zero-order valence-corrected chi connectivity index (χ0v) is 19.3. The van der Waals surface area contributed by atoms with E-state index in [2.05, 4.69) is 46.8 Å². The van der Waals surface area contributed by atoms with E-state index < -0.39 is 0 Å². The summed E-state index contributed by atoms with van der Waals surface area (Å²) in [6, 6.07) is 16.3. The van der Waals surface area contributed by atoms with E-state index in [0.717, 1.165) is 58.1 Å². The molecule has 0 saturated heterocycles. The van der Waals surface area contributed by atoms with E-state index in [0.29, 0.717) is 11.0 Å². The number of aliphatic imine (C=N–C) groups is 1. The van der Waals surface area contributed by atoms with Gasteiger partial charge in [0.2, 0.25) is 0 Å². The molecule has 1 unspecified atom stereocenters. The second-order valence-corrected chi connectivity index (χ2v) is 9.57. The molecule has 2 aromatic carbocycles. The van der Waals surface area contributed by atoms with Crippen LogP contribution in [0.3, 0.4) is 0 Å². The number of nitrogens with one attached hydrogen (secondary N) is 4. The van der Waals surface area contributed by atoms with Crippen LogP contribution in [-0.4, -0.2) is 16.8 Å². The van der Waals surface area contributed by atoms with Gasteiger partial charge >= 0.3 is 0 Å². The molecule has 5 rings (SSSR count). The lowest BCUT2D eigenvalue weighted by atomic mass is 9.78. The monoisotopic (exact) mass is 461 g/mol. The molecule has 0 aromatic heterocycles. The fraction of sp³-hybridized carbons (Fsp3) is 0.240. The van der Waals surface area contributed by atoms with Crippen LogP contribution in [0.25, 0.3) is 0 Å². The summed E-state index contributed by atoms with van der Waals surface area (Å²) >= 11 is 7.57.